The van der Waals surface area contributed by atoms with Gasteiger partial charge in [-0.1, -0.05) is 49.6 Å². The number of rotatable bonds is 1. The first-order valence-electron chi connectivity index (χ1n) is 7.24. The number of hydrogen-bond donors (Lipinski definition) is 0. The Kier molecular flexibility index (Phi) is 3.15. The quantitative estimate of drug-likeness (QED) is 0.708. The van der Waals surface area contributed by atoms with Crippen LogP contribution < -0.4 is 0 Å². The summed E-state index contributed by atoms with van der Waals surface area (Å²) >= 11 is 0. The Labute approximate surface area is 111 Å². The second-order valence-corrected chi connectivity index (χ2v) is 6.14. The molecule has 1 heterocycles. The molecule has 1 spiro atoms. The van der Waals surface area contributed by atoms with Crippen molar-refractivity contribution in [2.24, 2.45) is 5.41 Å². The smallest absolute Gasteiger partial charge is 0.0232 e. The number of likely N-dealkylation sites (tertiary alicyclic amines) is 1. The van der Waals surface area contributed by atoms with E-state index in [1.165, 1.54) is 56.3 Å². The van der Waals surface area contributed by atoms with Crippen molar-refractivity contribution in [1.82, 2.24) is 4.90 Å². The predicted molar refractivity (Wildman–Crippen MR) is 77.2 cm³/mol. The predicted octanol–water partition coefficient (Wildman–Crippen LogP) is 4.31. The summed E-state index contributed by atoms with van der Waals surface area (Å²) < 4.78 is 0. The Balaban J connectivity index is 1.80. The lowest BCUT2D eigenvalue weighted by Crippen LogP contribution is -2.27. The van der Waals surface area contributed by atoms with Gasteiger partial charge in [0.1, 0.15) is 0 Å². The van der Waals surface area contributed by atoms with Crippen LogP contribution in [0.3, 0.4) is 0 Å². The average Bonchev–Trinajstić information content (AvgIpc) is 2.68. The van der Waals surface area contributed by atoms with Crippen LogP contribution >= 0.6 is 0 Å². The van der Waals surface area contributed by atoms with Crippen molar-refractivity contribution in [2.45, 2.75) is 38.5 Å². The molecule has 0 unspecified atom stereocenters. The van der Waals surface area contributed by atoms with E-state index in [4.69, 9.17) is 0 Å². The zero-order valence-corrected chi connectivity index (χ0v) is 11.4. The molecule has 0 N–H and O–H groups in total. The van der Waals surface area contributed by atoms with Crippen LogP contribution in [0, 0.1) is 5.41 Å². The molecule has 1 aromatic carbocycles. The molecule has 0 bridgehead atoms. The van der Waals surface area contributed by atoms with Crippen molar-refractivity contribution in [3.05, 3.63) is 41.6 Å². The summed E-state index contributed by atoms with van der Waals surface area (Å²) in [6.07, 6.45) is 10.9. The lowest BCUT2D eigenvalue weighted by atomic mass is 9.73. The Hall–Kier alpha value is -1.24. The number of nitrogens with zero attached hydrogens (tertiary/aromatic N) is 1. The third kappa shape index (κ3) is 2.31. The van der Waals surface area contributed by atoms with Crippen LogP contribution in [0.1, 0.15) is 44.1 Å². The molecule has 2 fully saturated rings. The number of benzene rings is 1. The Morgan fingerprint density at radius 2 is 1.78 bits per heavy atom. The molecule has 1 saturated heterocycles. The highest BCUT2D eigenvalue weighted by Gasteiger charge is 2.39. The SMILES string of the molecule is CN1CC2(CCCCC2)C/C1=C\c1ccccc1. The molecule has 0 radical (unpaired) electrons. The summed E-state index contributed by atoms with van der Waals surface area (Å²) in [4.78, 5) is 2.48. The maximum atomic E-state index is 2.48. The van der Waals surface area contributed by atoms with Crippen molar-refractivity contribution < 1.29 is 0 Å². The van der Waals surface area contributed by atoms with E-state index in [9.17, 15) is 0 Å². The van der Waals surface area contributed by atoms with Gasteiger partial charge in [-0.05, 0) is 36.3 Å². The largest absolute Gasteiger partial charge is 0.377 e. The lowest BCUT2D eigenvalue weighted by Gasteiger charge is -2.32. The highest BCUT2D eigenvalue weighted by Crippen LogP contribution is 2.47. The Morgan fingerprint density at radius 1 is 1.06 bits per heavy atom. The van der Waals surface area contributed by atoms with Gasteiger partial charge in [-0.2, -0.15) is 0 Å². The molecule has 0 amide bonds. The molecule has 18 heavy (non-hydrogen) atoms. The molecule has 1 aliphatic carbocycles. The highest BCUT2D eigenvalue weighted by atomic mass is 15.1. The Morgan fingerprint density at radius 3 is 2.50 bits per heavy atom. The molecule has 1 heteroatoms. The fourth-order valence-electron chi connectivity index (χ4n) is 3.72. The molecule has 1 nitrogen and oxygen atoms in total. The first kappa shape index (κ1) is 11.8. The maximum Gasteiger partial charge on any atom is 0.0232 e. The van der Waals surface area contributed by atoms with E-state index >= 15 is 0 Å². The summed E-state index contributed by atoms with van der Waals surface area (Å²) in [5.41, 5.74) is 3.48. The van der Waals surface area contributed by atoms with E-state index in [1.54, 1.807) is 0 Å². The zero-order valence-electron chi connectivity index (χ0n) is 11.4. The van der Waals surface area contributed by atoms with E-state index in [1.807, 2.05) is 0 Å². The van der Waals surface area contributed by atoms with Crippen molar-refractivity contribution >= 4 is 6.08 Å². The second-order valence-electron chi connectivity index (χ2n) is 6.14. The van der Waals surface area contributed by atoms with Gasteiger partial charge in [-0.15, -0.1) is 0 Å². The molecule has 0 aromatic heterocycles. The summed E-state index contributed by atoms with van der Waals surface area (Å²) in [6.45, 7) is 1.27. The van der Waals surface area contributed by atoms with Crippen LogP contribution in [-0.2, 0) is 0 Å². The van der Waals surface area contributed by atoms with Gasteiger partial charge in [-0.25, -0.2) is 0 Å². The van der Waals surface area contributed by atoms with E-state index in [2.05, 4.69) is 48.4 Å². The number of hydrogen-bond acceptors (Lipinski definition) is 1. The summed E-state index contributed by atoms with van der Waals surface area (Å²) in [6, 6.07) is 10.7. The fraction of sp³-hybridized carbons (Fsp3) is 0.529. The van der Waals surface area contributed by atoms with Crippen LogP contribution in [0.4, 0.5) is 0 Å². The molecule has 1 aromatic rings. The van der Waals surface area contributed by atoms with Gasteiger partial charge in [0, 0.05) is 19.3 Å². The zero-order chi connectivity index (χ0) is 12.4. The third-order valence-electron chi connectivity index (χ3n) is 4.67. The van der Waals surface area contributed by atoms with Gasteiger partial charge in [0.05, 0.1) is 0 Å². The minimum atomic E-state index is 0.605. The van der Waals surface area contributed by atoms with Gasteiger partial charge < -0.3 is 4.90 Å². The van der Waals surface area contributed by atoms with E-state index in [-0.39, 0.29) is 0 Å². The van der Waals surface area contributed by atoms with Crippen LogP contribution in [0.25, 0.3) is 6.08 Å². The van der Waals surface area contributed by atoms with Crippen molar-refractivity contribution in [3.8, 4) is 0 Å². The van der Waals surface area contributed by atoms with Crippen LogP contribution in [0.2, 0.25) is 0 Å². The van der Waals surface area contributed by atoms with Crippen molar-refractivity contribution in [1.29, 1.82) is 0 Å². The average molecular weight is 241 g/mol. The normalized spacial score (nSPS) is 24.9. The van der Waals surface area contributed by atoms with Gasteiger partial charge in [0.25, 0.3) is 0 Å². The topological polar surface area (TPSA) is 3.24 Å². The summed E-state index contributed by atoms with van der Waals surface area (Å²) in [5.74, 6) is 0. The molecule has 2 aliphatic rings. The van der Waals surface area contributed by atoms with Crippen LogP contribution in [0.15, 0.2) is 36.0 Å². The van der Waals surface area contributed by atoms with Gasteiger partial charge in [0.2, 0.25) is 0 Å². The first-order chi connectivity index (χ1) is 8.77. The molecule has 0 atom stereocenters. The van der Waals surface area contributed by atoms with E-state index in [0.717, 1.165) is 0 Å². The number of allylic oxidation sites excluding steroid dienone is 1. The lowest BCUT2D eigenvalue weighted by molar-refractivity contribution is 0.195. The molecular weight excluding hydrogens is 218 g/mol. The maximum absolute atomic E-state index is 2.48. The van der Waals surface area contributed by atoms with Gasteiger partial charge in [-0.3, -0.25) is 0 Å². The van der Waals surface area contributed by atoms with Gasteiger partial charge in [0.15, 0.2) is 0 Å². The molecule has 1 saturated carbocycles. The van der Waals surface area contributed by atoms with E-state index in [0.29, 0.717) is 5.41 Å². The van der Waals surface area contributed by atoms with Gasteiger partial charge >= 0.3 is 0 Å². The third-order valence-corrected chi connectivity index (χ3v) is 4.67. The molecule has 96 valence electrons. The summed E-state index contributed by atoms with van der Waals surface area (Å²) in [7, 11) is 2.26. The van der Waals surface area contributed by atoms with Crippen LogP contribution in [0.5, 0.6) is 0 Å². The second kappa shape index (κ2) is 4.79. The van der Waals surface area contributed by atoms with Crippen molar-refractivity contribution in [3.63, 3.8) is 0 Å². The highest BCUT2D eigenvalue weighted by molar-refractivity contribution is 5.53. The van der Waals surface area contributed by atoms with Crippen molar-refractivity contribution in [2.75, 3.05) is 13.6 Å². The molecule has 3 rings (SSSR count). The van der Waals surface area contributed by atoms with E-state index < -0.39 is 0 Å². The fourth-order valence-corrected chi connectivity index (χ4v) is 3.72. The minimum absolute atomic E-state index is 0.605. The van der Waals surface area contributed by atoms with Crippen LogP contribution in [-0.4, -0.2) is 18.5 Å². The first-order valence-corrected chi connectivity index (χ1v) is 7.24. The molecular formula is C17H23N. The standard InChI is InChI=1S/C17H23N/c1-18-14-17(10-6-3-7-11-17)13-16(18)12-15-8-4-2-5-9-15/h2,4-5,8-9,12H,3,6-7,10-11,13-14H2,1H3/b16-12+. The Bertz CT molecular complexity index is 426. The monoisotopic (exact) mass is 241 g/mol. The summed E-state index contributed by atoms with van der Waals surface area (Å²) in [5, 5.41) is 0. The molecule has 1 aliphatic heterocycles. The minimum Gasteiger partial charge on any atom is -0.377 e.